The van der Waals surface area contributed by atoms with Gasteiger partial charge in [0.1, 0.15) is 0 Å². The van der Waals surface area contributed by atoms with Crippen LogP contribution in [0.25, 0.3) is 0 Å². The maximum absolute atomic E-state index is 10.6. The molecule has 6 heteroatoms. The summed E-state index contributed by atoms with van der Waals surface area (Å²) in [5.41, 5.74) is 0. The number of hydrogen-bond donors (Lipinski definition) is 1. The van der Waals surface area contributed by atoms with Crippen molar-refractivity contribution in [3.63, 3.8) is 0 Å². The van der Waals surface area contributed by atoms with E-state index in [2.05, 4.69) is 6.58 Å². The minimum absolute atomic E-state index is 0.391. The number of rotatable bonds is 5. The number of carboxylic acid groups (broad SMARTS) is 1. The maximum atomic E-state index is 10.6. The lowest BCUT2D eigenvalue weighted by Gasteiger charge is -2.16. The average Bonchev–Trinajstić information content (AvgIpc) is 2.16. The summed E-state index contributed by atoms with van der Waals surface area (Å²) in [6.07, 6.45) is 0.0696. The van der Waals surface area contributed by atoms with Crippen LogP contribution < -0.4 is 0 Å². The predicted molar refractivity (Wildman–Crippen MR) is 56.6 cm³/mol. The lowest BCUT2D eigenvalue weighted by molar-refractivity contribution is -0.219. The quantitative estimate of drug-likeness (QED) is 0.436. The zero-order valence-corrected chi connectivity index (χ0v) is 9.93. The molecule has 0 aliphatic heterocycles. The molecular weight excluding hydrogens is 216 g/mol. The third kappa shape index (κ3) is 15.1. The van der Waals surface area contributed by atoms with E-state index in [1.165, 1.54) is 7.11 Å². The van der Waals surface area contributed by atoms with Crippen molar-refractivity contribution < 1.29 is 28.9 Å². The van der Waals surface area contributed by atoms with E-state index < -0.39 is 24.5 Å². The van der Waals surface area contributed by atoms with Gasteiger partial charge in [-0.1, -0.05) is 6.58 Å². The van der Waals surface area contributed by atoms with Crippen molar-refractivity contribution in [2.75, 3.05) is 7.11 Å². The maximum Gasteiger partial charge on any atom is 0.332 e. The van der Waals surface area contributed by atoms with Crippen molar-refractivity contribution in [1.29, 1.82) is 0 Å². The Kier molecular flexibility index (Phi) is 10.8. The highest BCUT2D eigenvalue weighted by molar-refractivity contribution is 5.81. The molecule has 2 atom stereocenters. The fourth-order valence-corrected chi connectivity index (χ4v) is 0.565. The molecule has 16 heavy (non-hydrogen) atoms. The Morgan fingerprint density at radius 2 is 1.75 bits per heavy atom. The molecule has 0 amide bonds. The van der Waals surface area contributed by atoms with Crippen molar-refractivity contribution in [3.8, 4) is 0 Å². The van der Waals surface area contributed by atoms with E-state index >= 15 is 0 Å². The minimum Gasteiger partial charge on any atom is -0.481 e. The molecule has 0 spiro atoms. The van der Waals surface area contributed by atoms with Gasteiger partial charge in [-0.25, -0.2) is 4.79 Å². The second kappa shape index (κ2) is 10.1. The van der Waals surface area contributed by atoms with E-state index in [1.807, 2.05) is 0 Å². The van der Waals surface area contributed by atoms with Gasteiger partial charge in [0, 0.05) is 20.1 Å². The van der Waals surface area contributed by atoms with Gasteiger partial charge in [0.25, 0.3) is 5.97 Å². The number of esters is 1. The van der Waals surface area contributed by atoms with Crippen LogP contribution >= 0.6 is 0 Å². The highest BCUT2D eigenvalue weighted by Crippen LogP contribution is 2.00. The van der Waals surface area contributed by atoms with E-state index in [4.69, 9.17) is 24.1 Å². The van der Waals surface area contributed by atoms with Crippen molar-refractivity contribution in [2.24, 2.45) is 0 Å². The Labute approximate surface area is 94.8 Å². The van der Waals surface area contributed by atoms with Crippen LogP contribution in [0.1, 0.15) is 20.8 Å². The van der Waals surface area contributed by atoms with Crippen LogP contribution in [0.2, 0.25) is 0 Å². The third-order valence-corrected chi connectivity index (χ3v) is 1.16. The first kappa shape index (κ1) is 17.0. The Morgan fingerprint density at radius 3 is 2.06 bits per heavy atom. The number of carbonyl (C=O) groups excluding carboxylic acids is 1. The fraction of sp³-hybridized carbons (Fsp3) is 0.600. The van der Waals surface area contributed by atoms with Gasteiger partial charge in [-0.15, -0.1) is 0 Å². The number of ether oxygens (including phenoxy) is 3. The summed E-state index contributed by atoms with van der Waals surface area (Å²) < 4.78 is 14.6. The normalized spacial score (nSPS) is 12.8. The molecule has 0 saturated heterocycles. The molecular formula is C10H18O6. The highest BCUT2D eigenvalue weighted by atomic mass is 16.8. The van der Waals surface area contributed by atoms with Crippen LogP contribution in [0.4, 0.5) is 0 Å². The largest absolute Gasteiger partial charge is 0.481 e. The van der Waals surface area contributed by atoms with Crippen molar-refractivity contribution >= 4 is 11.9 Å². The molecule has 0 rings (SSSR count). The molecule has 0 aliphatic rings. The van der Waals surface area contributed by atoms with Crippen LogP contribution in [0.3, 0.4) is 0 Å². The van der Waals surface area contributed by atoms with E-state index in [9.17, 15) is 4.79 Å². The van der Waals surface area contributed by atoms with E-state index in [-0.39, 0.29) is 0 Å². The standard InChI is InChI=1S/C8H14O4.C2H4O2/c1-5-8(9)12-7(3)11-6(2)10-4;1-2(3)4/h5-7H,1H2,2-4H3;1H3,(H,3,4). The first-order chi connectivity index (χ1) is 7.33. The van der Waals surface area contributed by atoms with Crippen LogP contribution in [0, 0.1) is 0 Å². The van der Waals surface area contributed by atoms with Crippen molar-refractivity contribution in [1.82, 2.24) is 0 Å². The molecule has 0 aliphatic carbocycles. The Bertz CT molecular complexity index is 221. The Morgan fingerprint density at radius 1 is 1.31 bits per heavy atom. The third-order valence-electron chi connectivity index (χ3n) is 1.16. The monoisotopic (exact) mass is 234 g/mol. The Balaban J connectivity index is 0. The van der Waals surface area contributed by atoms with E-state index in [0.717, 1.165) is 13.0 Å². The lowest BCUT2D eigenvalue weighted by Crippen LogP contribution is -2.23. The van der Waals surface area contributed by atoms with Gasteiger partial charge in [-0.2, -0.15) is 0 Å². The molecule has 6 nitrogen and oxygen atoms in total. The molecule has 0 bridgehead atoms. The fourth-order valence-electron chi connectivity index (χ4n) is 0.565. The second-order valence-corrected chi connectivity index (χ2v) is 2.67. The first-order valence-corrected chi connectivity index (χ1v) is 4.54. The highest BCUT2D eigenvalue weighted by Gasteiger charge is 2.09. The second-order valence-electron chi connectivity index (χ2n) is 2.67. The van der Waals surface area contributed by atoms with Gasteiger partial charge in [-0.05, 0) is 13.8 Å². The average molecular weight is 234 g/mol. The van der Waals surface area contributed by atoms with Gasteiger partial charge >= 0.3 is 5.97 Å². The van der Waals surface area contributed by atoms with Gasteiger partial charge in [0.15, 0.2) is 6.29 Å². The lowest BCUT2D eigenvalue weighted by atomic mass is 10.6. The predicted octanol–water partition coefficient (Wildman–Crippen LogP) is 1.16. The molecule has 0 fully saturated rings. The zero-order valence-electron chi connectivity index (χ0n) is 9.93. The van der Waals surface area contributed by atoms with Gasteiger partial charge in [0.2, 0.25) is 6.29 Å². The summed E-state index contributed by atoms with van der Waals surface area (Å²) in [7, 11) is 1.51. The van der Waals surface area contributed by atoms with Crippen LogP contribution in [0.15, 0.2) is 12.7 Å². The molecule has 0 aromatic rings. The number of hydrogen-bond acceptors (Lipinski definition) is 5. The van der Waals surface area contributed by atoms with E-state index in [1.54, 1.807) is 13.8 Å². The number of carboxylic acids is 1. The molecule has 0 aromatic heterocycles. The molecule has 0 saturated carbocycles. The number of carbonyl (C=O) groups is 2. The summed E-state index contributed by atoms with van der Waals surface area (Å²) >= 11 is 0. The summed E-state index contributed by atoms with van der Waals surface area (Å²) in [6, 6.07) is 0. The molecule has 0 heterocycles. The SMILES string of the molecule is C=CC(=O)OC(C)OC(C)OC.CC(=O)O. The van der Waals surface area contributed by atoms with E-state index in [0.29, 0.717) is 0 Å². The molecule has 94 valence electrons. The molecule has 0 radical (unpaired) electrons. The summed E-state index contributed by atoms with van der Waals surface area (Å²) in [5.74, 6) is -1.34. The van der Waals surface area contributed by atoms with Crippen molar-refractivity contribution in [3.05, 3.63) is 12.7 Å². The molecule has 0 aromatic carbocycles. The summed E-state index contributed by atoms with van der Waals surface area (Å²) in [6.45, 7) is 7.65. The summed E-state index contributed by atoms with van der Waals surface area (Å²) in [5, 5.41) is 7.42. The first-order valence-electron chi connectivity index (χ1n) is 4.54. The van der Waals surface area contributed by atoms with Crippen molar-refractivity contribution in [2.45, 2.75) is 33.4 Å². The van der Waals surface area contributed by atoms with Crippen LogP contribution in [0.5, 0.6) is 0 Å². The van der Waals surface area contributed by atoms with Gasteiger partial charge in [-0.3, -0.25) is 4.79 Å². The molecule has 2 unspecified atom stereocenters. The van der Waals surface area contributed by atoms with Crippen LogP contribution in [-0.2, 0) is 23.8 Å². The molecule has 1 N–H and O–H groups in total. The topological polar surface area (TPSA) is 82.1 Å². The number of aliphatic carboxylic acids is 1. The minimum atomic E-state index is -0.833. The number of methoxy groups -OCH3 is 1. The summed E-state index contributed by atoms with van der Waals surface area (Å²) in [4.78, 5) is 19.6. The van der Waals surface area contributed by atoms with Gasteiger partial charge < -0.3 is 19.3 Å². The zero-order chi connectivity index (χ0) is 13.1. The smallest absolute Gasteiger partial charge is 0.332 e. The van der Waals surface area contributed by atoms with Gasteiger partial charge in [0.05, 0.1) is 0 Å². The Hall–Kier alpha value is -1.40. The van der Waals surface area contributed by atoms with Crippen LogP contribution in [-0.4, -0.2) is 36.7 Å².